The van der Waals surface area contributed by atoms with Crippen molar-refractivity contribution in [3.05, 3.63) is 72.3 Å². The lowest BCUT2D eigenvalue weighted by atomic mass is 9.86. The molecular weight excluding hydrogens is 456 g/mol. The van der Waals surface area contributed by atoms with Crippen LogP contribution < -0.4 is 14.8 Å². The monoisotopic (exact) mass is 490 g/mol. The molecule has 1 aliphatic heterocycles. The molecule has 0 spiro atoms. The molecule has 0 bridgehead atoms. The number of carbonyl (C=O) groups is 2. The summed E-state index contributed by atoms with van der Waals surface area (Å²) in [6.07, 6.45) is 2.28. The molecule has 3 aromatic rings. The second-order valence-corrected chi connectivity index (χ2v) is 9.88. The number of hydrogen-bond acceptors (Lipinski definition) is 4. The molecule has 36 heavy (non-hydrogen) atoms. The van der Waals surface area contributed by atoms with Gasteiger partial charge < -0.3 is 24.8 Å². The molecule has 190 valence electrons. The molecule has 0 radical (unpaired) electrons. The second kappa shape index (κ2) is 10.5. The highest BCUT2D eigenvalue weighted by atomic mass is 16.5. The Labute approximate surface area is 212 Å². The van der Waals surface area contributed by atoms with Crippen LogP contribution in [0.15, 0.2) is 66.7 Å². The number of benzene rings is 3. The number of urea groups is 1. The van der Waals surface area contributed by atoms with Crippen LogP contribution in [0.5, 0.6) is 11.5 Å². The topological polar surface area (TPSA) is 88.1 Å². The Balaban J connectivity index is 1.47. The number of carboxylic acids is 1. The van der Waals surface area contributed by atoms with Gasteiger partial charge in [-0.3, -0.25) is 0 Å². The molecular formula is C29H34N2O5. The van der Waals surface area contributed by atoms with Crippen LogP contribution in [-0.4, -0.2) is 52.8 Å². The van der Waals surface area contributed by atoms with Gasteiger partial charge in [0, 0.05) is 19.5 Å². The van der Waals surface area contributed by atoms with Gasteiger partial charge in [0.2, 0.25) is 0 Å². The Bertz CT molecular complexity index is 1220. The van der Waals surface area contributed by atoms with E-state index >= 15 is 0 Å². The van der Waals surface area contributed by atoms with Crippen molar-refractivity contribution in [2.75, 3.05) is 19.7 Å². The van der Waals surface area contributed by atoms with E-state index in [-0.39, 0.29) is 11.6 Å². The normalized spacial score (nSPS) is 17.8. The molecule has 1 heterocycles. The number of rotatable bonds is 11. The summed E-state index contributed by atoms with van der Waals surface area (Å²) in [5, 5.41) is 14.7. The minimum atomic E-state index is -1.32. The summed E-state index contributed by atoms with van der Waals surface area (Å²) in [5.74, 6) is 0.0915. The predicted octanol–water partition coefficient (Wildman–Crippen LogP) is 5.27. The maximum atomic E-state index is 12.7. The summed E-state index contributed by atoms with van der Waals surface area (Å²) < 4.78 is 11.6. The van der Waals surface area contributed by atoms with Crippen LogP contribution in [-0.2, 0) is 11.2 Å². The van der Waals surface area contributed by atoms with E-state index in [0.29, 0.717) is 37.6 Å². The quantitative estimate of drug-likeness (QED) is 0.382. The Morgan fingerprint density at radius 1 is 1.06 bits per heavy atom. The lowest BCUT2D eigenvalue weighted by Gasteiger charge is -2.37. The van der Waals surface area contributed by atoms with Crippen LogP contribution in [0.3, 0.4) is 0 Å². The third kappa shape index (κ3) is 5.56. The summed E-state index contributed by atoms with van der Waals surface area (Å²) in [5.41, 5.74) is -0.513. The van der Waals surface area contributed by atoms with Crippen molar-refractivity contribution in [3.63, 3.8) is 0 Å². The number of nitrogens with one attached hydrogen (secondary N) is 1. The molecule has 4 rings (SSSR count). The van der Waals surface area contributed by atoms with Crippen molar-refractivity contribution in [3.8, 4) is 11.5 Å². The molecule has 7 heteroatoms. The fourth-order valence-corrected chi connectivity index (χ4v) is 4.71. The average Bonchev–Trinajstić information content (AvgIpc) is 3.15. The van der Waals surface area contributed by atoms with Crippen LogP contribution in [0.4, 0.5) is 4.79 Å². The lowest BCUT2D eigenvalue weighted by molar-refractivity contribution is -0.152. The van der Waals surface area contributed by atoms with Gasteiger partial charge in [-0.2, -0.15) is 0 Å². The number of hydrogen-bond donors (Lipinski definition) is 2. The van der Waals surface area contributed by atoms with Gasteiger partial charge in [-0.15, -0.1) is 0 Å². The van der Waals surface area contributed by atoms with E-state index in [1.807, 2.05) is 17.0 Å². The molecule has 0 aliphatic carbocycles. The van der Waals surface area contributed by atoms with Crippen LogP contribution in [0, 0.1) is 0 Å². The summed E-state index contributed by atoms with van der Waals surface area (Å²) >= 11 is 0. The summed E-state index contributed by atoms with van der Waals surface area (Å²) in [7, 11) is 0. The van der Waals surface area contributed by atoms with E-state index in [4.69, 9.17) is 9.47 Å². The number of nitrogens with zero attached hydrogens (tertiary/aromatic N) is 1. The van der Waals surface area contributed by atoms with Crippen molar-refractivity contribution in [2.24, 2.45) is 0 Å². The zero-order valence-corrected chi connectivity index (χ0v) is 21.1. The number of fused-ring (bicyclic) bond motifs is 1. The number of aliphatic carboxylic acids is 1. The van der Waals surface area contributed by atoms with Gasteiger partial charge in [0.1, 0.15) is 11.5 Å². The molecule has 0 saturated carbocycles. The fourth-order valence-electron chi connectivity index (χ4n) is 4.71. The first kappa shape index (κ1) is 25.4. The average molecular weight is 491 g/mol. The van der Waals surface area contributed by atoms with E-state index < -0.39 is 11.6 Å². The van der Waals surface area contributed by atoms with E-state index in [1.54, 1.807) is 24.3 Å². The molecule has 1 saturated heterocycles. The van der Waals surface area contributed by atoms with Crippen LogP contribution in [0.25, 0.3) is 10.8 Å². The highest BCUT2D eigenvalue weighted by Gasteiger charge is 2.44. The standard InChI is InChI=1S/C29H34N2O5/c1-4-16-31-27(34)30-20-29(31,19-21-9-10-22-7-5-6-8-23(22)18-21)15-17-35-24-11-13-25(14-12-24)36-28(2,3)26(32)33/h5-14,18H,4,15-17,19-20H2,1-3H3,(H,30,34)(H,32,33). The third-order valence-corrected chi connectivity index (χ3v) is 6.73. The number of carbonyl (C=O) groups excluding carboxylic acids is 1. The third-order valence-electron chi connectivity index (χ3n) is 6.73. The minimum absolute atomic E-state index is 0.0276. The van der Waals surface area contributed by atoms with Crippen LogP contribution >= 0.6 is 0 Å². The lowest BCUT2D eigenvalue weighted by Crippen LogP contribution is -2.50. The highest BCUT2D eigenvalue weighted by Crippen LogP contribution is 2.31. The molecule has 1 atom stereocenters. The first-order valence-corrected chi connectivity index (χ1v) is 12.4. The first-order valence-electron chi connectivity index (χ1n) is 12.4. The van der Waals surface area contributed by atoms with Crippen molar-refractivity contribution in [1.29, 1.82) is 0 Å². The van der Waals surface area contributed by atoms with Crippen molar-refractivity contribution in [1.82, 2.24) is 10.2 Å². The maximum absolute atomic E-state index is 12.7. The van der Waals surface area contributed by atoms with Crippen LogP contribution in [0.1, 0.15) is 39.2 Å². The van der Waals surface area contributed by atoms with Gasteiger partial charge in [-0.1, -0.05) is 49.4 Å². The highest BCUT2D eigenvalue weighted by molar-refractivity contribution is 5.83. The van der Waals surface area contributed by atoms with Gasteiger partial charge >= 0.3 is 12.0 Å². The Kier molecular flexibility index (Phi) is 7.38. The van der Waals surface area contributed by atoms with Crippen LogP contribution in [0.2, 0.25) is 0 Å². The predicted molar refractivity (Wildman–Crippen MR) is 140 cm³/mol. The summed E-state index contributed by atoms with van der Waals surface area (Å²) in [6, 6.07) is 21.7. The van der Waals surface area contributed by atoms with E-state index in [2.05, 4.69) is 42.6 Å². The van der Waals surface area contributed by atoms with Gasteiger partial charge in [-0.25, -0.2) is 9.59 Å². The minimum Gasteiger partial charge on any atom is -0.494 e. The molecule has 1 unspecified atom stereocenters. The Hall–Kier alpha value is -3.74. The van der Waals surface area contributed by atoms with Gasteiger partial charge in [0.15, 0.2) is 5.60 Å². The summed E-state index contributed by atoms with van der Waals surface area (Å²) in [6.45, 7) is 6.78. The molecule has 7 nitrogen and oxygen atoms in total. The molecule has 2 N–H and O–H groups in total. The van der Waals surface area contributed by atoms with Gasteiger partial charge in [0.25, 0.3) is 0 Å². The molecule has 1 fully saturated rings. The smallest absolute Gasteiger partial charge is 0.347 e. The maximum Gasteiger partial charge on any atom is 0.347 e. The van der Waals surface area contributed by atoms with E-state index in [1.165, 1.54) is 30.2 Å². The number of ether oxygens (including phenoxy) is 2. The van der Waals surface area contributed by atoms with E-state index in [9.17, 15) is 14.7 Å². The second-order valence-electron chi connectivity index (χ2n) is 9.88. The molecule has 3 aromatic carbocycles. The van der Waals surface area contributed by atoms with Crippen molar-refractivity contribution >= 4 is 22.8 Å². The SMILES string of the molecule is CCCN1C(=O)NCC1(CCOc1ccc(OC(C)(C)C(=O)O)cc1)Cc1ccc2ccccc2c1. The number of carboxylic acid groups (broad SMARTS) is 1. The summed E-state index contributed by atoms with van der Waals surface area (Å²) in [4.78, 5) is 26.0. The van der Waals surface area contributed by atoms with Gasteiger partial charge in [0.05, 0.1) is 12.1 Å². The Morgan fingerprint density at radius 3 is 2.44 bits per heavy atom. The zero-order chi connectivity index (χ0) is 25.8. The van der Waals surface area contributed by atoms with Crippen molar-refractivity contribution in [2.45, 2.75) is 51.2 Å². The Morgan fingerprint density at radius 2 is 1.75 bits per heavy atom. The van der Waals surface area contributed by atoms with Gasteiger partial charge in [-0.05, 0) is 67.3 Å². The molecule has 2 amide bonds. The molecule has 1 aliphatic rings. The molecule has 0 aromatic heterocycles. The number of amides is 2. The largest absolute Gasteiger partial charge is 0.494 e. The van der Waals surface area contributed by atoms with Crippen molar-refractivity contribution < 1.29 is 24.2 Å². The zero-order valence-electron chi connectivity index (χ0n) is 21.1. The van der Waals surface area contributed by atoms with E-state index in [0.717, 1.165) is 12.8 Å². The first-order chi connectivity index (χ1) is 17.2. The fraction of sp³-hybridized carbons (Fsp3) is 0.379.